The fraction of sp³-hybridized carbons (Fsp3) is 0.333. The van der Waals surface area contributed by atoms with Crippen molar-refractivity contribution in [3.05, 3.63) is 60.5 Å². The number of likely N-dealkylation sites (N-methyl/N-ethyl adjacent to an activating group) is 1. The first-order valence-electron chi connectivity index (χ1n) is 11.3. The third kappa shape index (κ3) is 7.03. The van der Waals surface area contributed by atoms with E-state index in [1.165, 1.54) is 12.8 Å². The summed E-state index contributed by atoms with van der Waals surface area (Å²) < 4.78 is 46.2. The fourth-order valence-electron chi connectivity index (χ4n) is 3.86. The van der Waals surface area contributed by atoms with Crippen LogP contribution in [0.2, 0.25) is 0 Å². The monoisotopic (exact) mass is 500 g/mol. The van der Waals surface area contributed by atoms with Crippen molar-refractivity contribution in [2.24, 2.45) is 0 Å². The Morgan fingerprint density at radius 3 is 2.69 bits per heavy atom. The second-order valence-electron chi connectivity index (χ2n) is 8.53. The highest BCUT2D eigenvalue weighted by molar-refractivity contribution is 7.92. The molecule has 1 fully saturated rings. The predicted molar refractivity (Wildman–Crippen MR) is 136 cm³/mol. The second kappa shape index (κ2) is 10.9. The zero-order valence-electron chi connectivity index (χ0n) is 19.7. The molecule has 2 aromatic carbocycles. The molecule has 0 amide bonds. The summed E-state index contributed by atoms with van der Waals surface area (Å²) in [5.74, 6) is 0.109. The van der Waals surface area contributed by atoms with Crippen LogP contribution < -0.4 is 20.1 Å². The van der Waals surface area contributed by atoms with E-state index < -0.39 is 15.8 Å². The minimum absolute atomic E-state index is 0.0991. The van der Waals surface area contributed by atoms with E-state index in [1.54, 1.807) is 24.3 Å². The highest BCUT2D eigenvalue weighted by Gasteiger charge is 2.19. The van der Waals surface area contributed by atoms with E-state index in [-0.39, 0.29) is 17.5 Å². The summed E-state index contributed by atoms with van der Waals surface area (Å²) in [5, 5.41) is 5.91. The molecule has 3 aromatic rings. The molecule has 4 rings (SSSR count). The van der Waals surface area contributed by atoms with Gasteiger partial charge in [0, 0.05) is 17.8 Å². The molecule has 186 valence electrons. The van der Waals surface area contributed by atoms with E-state index in [9.17, 15) is 12.8 Å². The van der Waals surface area contributed by atoms with Crippen molar-refractivity contribution < 1.29 is 17.5 Å². The van der Waals surface area contributed by atoms with Gasteiger partial charge in [-0.15, -0.1) is 0 Å². The molecule has 35 heavy (non-hydrogen) atoms. The van der Waals surface area contributed by atoms with Crippen LogP contribution in [0, 0.1) is 5.82 Å². The number of benzene rings is 2. The lowest BCUT2D eigenvalue weighted by Crippen LogP contribution is -2.40. The molecule has 1 aliphatic rings. The molecule has 1 saturated heterocycles. The Morgan fingerprint density at radius 1 is 1.11 bits per heavy atom. The van der Waals surface area contributed by atoms with Crippen molar-refractivity contribution in [1.29, 1.82) is 0 Å². The number of anilines is 5. The van der Waals surface area contributed by atoms with Crippen LogP contribution in [0.1, 0.15) is 19.3 Å². The zero-order valence-corrected chi connectivity index (χ0v) is 20.5. The number of sulfonamides is 1. The summed E-state index contributed by atoms with van der Waals surface area (Å²) in [6, 6.07) is 14.4. The van der Waals surface area contributed by atoms with Crippen LogP contribution in [-0.2, 0) is 10.0 Å². The van der Waals surface area contributed by atoms with Crippen molar-refractivity contribution in [3.63, 3.8) is 0 Å². The number of aromatic nitrogens is 2. The Bertz CT molecular complexity index is 1270. The van der Waals surface area contributed by atoms with Crippen LogP contribution in [0.3, 0.4) is 0 Å². The number of ether oxygens (including phenoxy) is 1. The molecular formula is C24H29FN6O3S. The molecule has 2 heterocycles. The maximum Gasteiger partial charge on any atom is 0.229 e. The van der Waals surface area contributed by atoms with Crippen molar-refractivity contribution >= 4 is 38.9 Å². The molecule has 1 unspecified atom stereocenters. The fourth-order valence-corrected chi connectivity index (χ4v) is 4.44. The number of nitrogens with one attached hydrogen (secondary N) is 3. The molecule has 0 bridgehead atoms. The van der Waals surface area contributed by atoms with E-state index in [4.69, 9.17) is 4.74 Å². The highest BCUT2D eigenvalue weighted by atomic mass is 32.2. The van der Waals surface area contributed by atoms with Crippen molar-refractivity contribution in [2.75, 3.05) is 41.8 Å². The van der Waals surface area contributed by atoms with Crippen LogP contribution in [0.4, 0.5) is 33.2 Å². The Labute approximate surface area is 204 Å². The molecule has 11 heteroatoms. The molecule has 0 aliphatic carbocycles. The number of para-hydroxylation sites is 2. The summed E-state index contributed by atoms with van der Waals surface area (Å²) in [6.07, 6.45) is 5.65. The van der Waals surface area contributed by atoms with E-state index in [0.29, 0.717) is 24.0 Å². The number of hydrogen-bond donors (Lipinski definition) is 3. The van der Waals surface area contributed by atoms with Crippen LogP contribution in [0.5, 0.6) is 5.75 Å². The van der Waals surface area contributed by atoms with Crippen molar-refractivity contribution in [2.45, 2.75) is 25.3 Å². The van der Waals surface area contributed by atoms with Gasteiger partial charge in [0.25, 0.3) is 0 Å². The van der Waals surface area contributed by atoms with E-state index in [1.807, 2.05) is 24.3 Å². The minimum Gasteiger partial charge on any atom is -0.492 e. The van der Waals surface area contributed by atoms with Gasteiger partial charge >= 0.3 is 0 Å². The lowest BCUT2D eigenvalue weighted by Gasteiger charge is -2.32. The number of halogens is 1. The summed E-state index contributed by atoms with van der Waals surface area (Å²) in [7, 11) is -1.39. The van der Waals surface area contributed by atoms with Gasteiger partial charge in [0.05, 0.1) is 23.8 Å². The van der Waals surface area contributed by atoms with Gasteiger partial charge in [-0.05, 0) is 50.7 Å². The Hall–Kier alpha value is -3.44. The normalized spacial score (nSPS) is 16.5. The smallest absolute Gasteiger partial charge is 0.229 e. The molecule has 0 saturated carbocycles. The number of nitrogens with zero attached hydrogens (tertiary/aromatic N) is 3. The second-order valence-corrected chi connectivity index (χ2v) is 10.3. The zero-order chi connectivity index (χ0) is 24.8. The maximum atomic E-state index is 14.5. The van der Waals surface area contributed by atoms with Crippen molar-refractivity contribution in [1.82, 2.24) is 14.9 Å². The average molecular weight is 501 g/mol. The Kier molecular flexibility index (Phi) is 7.67. The van der Waals surface area contributed by atoms with Gasteiger partial charge in [0.15, 0.2) is 11.6 Å². The van der Waals surface area contributed by atoms with Crippen LogP contribution in [0.15, 0.2) is 54.7 Å². The molecular weight excluding hydrogens is 471 g/mol. The lowest BCUT2D eigenvalue weighted by atomic mass is 10.0. The summed E-state index contributed by atoms with van der Waals surface area (Å²) in [6.45, 7) is 1.70. The van der Waals surface area contributed by atoms with Crippen LogP contribution in [-0.4, -0.2) is 55.8 Å². The molecule has 1 aromatic heterocycles. The largest absolute Gasteiger partial charge is 0.492 e. The third-order valence-corrected chi connectivity index (χ3v) is 6.26. The SMILES string of the molecule is CN1CCCCC1COc1cccc(Nc2ncc(F)c(Nc3ccccc3NS(C)(=O)=O)n2)c1. The van der Waals surface area contributed by atoms with Gasteiger partial charge in [-0.3, -0.25) is 4.72 Å². The molecule has 3 N–H and O–H groups in total. The summed E-state index contributed by atoms with van der Waals surface area (Å²) >= 11 is 0. The van der Waals surface area contributed by atoms with Gasteiger partial charge in [-0.25, -0.2) is 17.8 Å². The Morgan fingerprint density at radius 2 is 1.91 bits per heavy atom. The minimum atomic E-state index is -3.51. The highest BCUT2D eigenvalue weighted by Crippen LogP contribution is 2.28. The number of piperidine rings is 1. The van der Waals surface area contributed by atoms with E-state index >= 15 is 0 Å². The first-order chi connectivity index (χ1) is 16.8. The first kappa shape index (κ1) is 24.7. The Balaban J connectivity index is 1.46. The molecule has 9 nitrogen and oxygen atoms in total. The quantitative estimate of drug-likeness (QED) is 0.398. The van der Waals surface area contributed by atoms with Gasteiger partial charge in [0.2, 0.25) is 16.0 Å². The number of rotatable bonds is 9. The number of likely N-dealkylation sites (tertiary alicyclic amines) is 1. The van der Waals surface area contributed by atoms with Crippen molar-refractivity contribution in [3.8, 4) is 5.75 Å². The standard InChI is InChI=1S/C24H29FN6O3S/c1-31-13-6-5-9-18(31)16-34-19-10-7-8-17(14-19)27-24-26-15-20(25)23(29-24)28-21-11-3-4-12-22(21)30-35(2,32)33/h3-4,7-8,10-12,14-15,18,30H,5-6,9,13,16H2,1-2H3,(H2,26,27,28,29). The van der Waals surface area contributed by atoms with E-state index in [0.717, 1.165) is 31.2 Å². The van der Waals surface area contributed by atoms with E-state index in [2.05, 4.69) is 37.3 Å². The van der Waals surface area contributed by atoms with Gasteiger partial charge in [-0.1, -0.05) is 24.6 Å². The average Bonchev–Trinajstić information content (AvgIpc) is 2.81. The van der Waals surface area contributed by atoms with Crippen LogP contribution >= 0.6 is 0 Å². The summed E-state index contributed by atoms with van der Waals surface area (Å²) in [5.41, 5.74) is 1.32. The van der Waals surface area contributed by atoms with Gasteiger partial charge < -0.3 is 20.3 Å². The third-order valence-electron chi connectivity index (χ3n) is 5.67. The molecule has 0 spiro atoms. The topological polar surface area (TPSA) is 108 Å². The number of hydrogen-bond acceptors (Lipinski definition) is 8. The molecule has 1 aliphatic heterocycles. The van der Waals surface area contributed by atoms with Gasteiger partial charge in [-0.2, -0.15) is 4.98 Å². The van der Waals surface area contributed by atoms with Gasteiger partial charge in [0.1, 0.15) is 12.4 Å². The molecule has 1 atom stereocenters. The lowest BCUT2D eigenvalue weighted by molar-refractivity contribution is 0.125. The first-order valence-corrected chi connectivity index (χ1v) is 13.2. The molecule has 0 radical (unpaired) electrons. The predicted octanol–water partition coefficient (Wildman–Crippen LogP) is 4.34. The maximum absolute atomic E-state index is 14.5. The van der Waals surface area contributed by atoms with Crippen LogP contribution in [0.25, 0.3) is 0 Å². The summed E-state index contributed by atoms with van der Waals surface area (Å²) in [4.78, 5) is 10.6.